The van der Waals surface area contributed by atoms with Crippen molar-refractivity contribution in [2.24, 2.45) is 0 Å². The fourth-order valence-corrected chi connectivity index (χ4v) is 4.73. The van der Waals surface area contributed by atoms with Crippen LogP contribution in [0.1, 0.15) is 31.1 Å². The van der Waals surface area contributed by atoms with E-state index in [0.29, 0.717) is 64.1 Å². The summed E-state index contributed by atoms with van der Waals surface area (Å²) in [6.45, 7) is 1.90. The number of hydrogen-bond acceptors (Lipinski definition) is 5. The summed E-state index contributed by atoms with van der Waals surface area (Å²) < 4.78 is 0. The Hall–Kier alpha value is -3.59. The third-order valence-electron chi connectivity index (χ3n) is 6.15. The van der Waals surface area contributed by atoms with E-state index in [0.717, 1.165) is 0 Å². The number of halogens is 3. The highest BCUT2D eigenvalue weighted by atomic mass is 35.5. The molecule has 0 aliphatic carbocycles. The Labute approximate surface area is 227 Å². The molecule has 3 aromatic carbocycles. The second-order valence-electron chi connectivity index (χ2n) is 8.49. The highest BCUT2D eigenvalue weighted by molar-refractivity contribution is 6.31. The van der Waals surface area contributed by atoms with Gasteiger partial charge in [-0.25, -0.2) is 4.98 Å². The summed E-state index contributed by atoms with van der Waals surface area (Å²) in [4.78, 5) is 49.5. The minimum Gasteiger partial charge on any atom is -0.367 e. The predicted molar refractivity (Wildman–Crippen MR) is 144 cm³/mol. The van der Waals surface area contributed by atoms with E-state index in [1.165, 1.54) is 0 Å². The second-order valence-corrected chi connectivity index (χ2v) is 9.72. The molecule has 0 atom stereocenters. The van der Waals surface area contributed by atoms with Gasteiger partial charge in [-0.1, -0.05) is 23.2 Å². The highest BCUT2D eigenvalue weighted by Crippen LogP contribution is 2.27. The largest absolute Gasteiger partial charge is 0.367 e. The van der Waals surface area contributed by atoms with Gasteiger partial charge in [0.05, 0.1) is 22.3 Å². The van der Waals surface area contributed by atoms with Crippen LogP contribution in [0.5, 0.6) is 0 Å². The molecule has 2 N–H and O–H groups in total. The van der Waals surface area contributed by atoms with Gasteiger partial charge in [0.1, 0.15) is 0 Å². The molecular formula is C26H20Cl3N5O3. The van der Waals surface area contributed by atoms with E-state index in [2.05, 4.69) is 15.3 Å². The van der Waals surface area contributed by atoms with E-state index < -0.39 is 11.8 Å². The lowest BCUT2D eigenvalue weighted by molar-refractivity contribution is 0.0744. The minimum absolute atomic E-state index is 0.0819. The SMILES string of the molecule is O=C(NC(=O)c1ccc(Cl)cc1N1CCN(C(=O)c2ccc(Cl)cc2)CC1)c1ccc2nc(Cl)[nH]c2c1. The van der Waals surface area contributed by atoms with E-state index in [4.69, 9.17) is 34.8 Å². The Morgan fingerprint density at radius 2 is 1.46 bits per heavy atom. The van der Waals surface area contributed by atoms with Gasteiger partial charge in [-0.05, 0) is 72.3 Å². The zero-order chi connectivity index (χ0) is 26.1. The molecule has 8 nitrogen and oxygen atoms in total. The number of nitrogens with zero attached hydrogens (tertiary/aromatic N) is 3. The molecular weight excluding hydrogens is 537 g/mol. The average Bonchev–Trinajstić information content (AvgIpc) is 3.28. The van der Waals surface area contributed by atoms with Crippen LogP contribution in [0.4, 0.5) is 5.69 Å². The van der Waals surface area contributed by atoms with Crippen LogP contribution in [-0.2, 0) is 0 Å². The summed E-state index contributed by atoms with van der Waals surface area (Å²) >= 11 is 18.1. The van der Waals surface area contributed by atoms with Crippen LogP contribution in [0, 0.1) is 0 Å². The molecule has 0 spiro atoms. The monoisotopic (exact) mass is 555 g/mol. The van der Waals surface area contributed by atoms with Gasteiger partial charge in [0, 0.05) is 47.4 Å². The third-order valence-corrected chi connectivity index (χ3v) is 6.81. The van der Waals surface area contributed by atoms with Crippen LogP contribution >= 0.6 is 34.8 Å². The Morgan fingerprint density at radius 1 is 0.784 bits per heavy atom. The van der Waals surface area contributed by atoms with E-state index in [9.17, 15) is 14.4 Å². The van der Waals surface area contributed by atoms with E-state index >= 15 is 0 Å². The molecule has 37 heavy (non-hydrogen) atoms. The highest BCUT2D eigenvalue weighted by Gasteiger charge is 2.26. The lowest BCUT2D eigenvalue weighted by atomic mass is 10.1. The topological polar surface area (TPSA) is 98.4 Å². The van der Waals surface area contributed by atoms with Crippen LogP contribution in [0.2, 0.25) is 15.3 Å². The summed E-state index contributed by atoms with van der Waals surface area (Å²) in [7, 11) is 0. The summed E-state index contributed by atoms with van der Waals surface area (Å²) in [5, 5.41) is 3.68. The summed E-state index contributed by atoms with van der Waals surface area (Å²) in [6.07, 6.45) is 0. The Bertz CT molecular complexity index is 1510. The van der Waals surface area contributed by atoms with Gasteiger partial charge in [-0.3, -0.25) is 19.7 Å². The van der Waals surface area contributed by atoms with Crippen LogP contribution in [0.3, 0.4) is 0 Å². The number of anilines is 1. The molecule has 3 amide bonds. The minimum atomic E-state index is -0.558. The maximum absolute atomic E-state index is 13.1. The Kier molecular flexibility index (Phi) is 7.06. The molecule has 0 radical (unpaired) electrons. The number of nitrogens with one attached hydrogen (secondary N) is 2. The van der Waals surface area contributed by atoms with Crippen LogP contribution in [-0.4, -0.2) is 58.8 Å². The van der Waals surface area contributed by atoms with Crippen LogP contribution < -0.4 is 10.2 Å². The van der Waals surface area contributed by atoms with Gasteiger partial charge in [-0.15, -0.1) is 0 Å². The molecule has 188 valence electrons. The van der Waals surface area contributed by atoms with E-state index in [1.54, 1.807) is 65.6 Å². The maximum atomic E-state index is 13.1. The molecule has 0 unspecified atom stereocenters. The van der Waals surface area contributed by atoms with Crippen molar-refractivity contribution in [1.82, 2.24) is 20.2 Å². The number of fused-ring (bicyclic) bond motifs is 1. The van der Waals surface area contributed by atoms with Crippen molar-refractivity contribution in [3.63, 3.8) is 0 Å². The van der Waals surface area contributed by atoms with Gasteiger partial charge < -0.3 is 14.8 Å². The standard InChI is InChI=1S/C26H20Cl3N5O3/c27-17-4-1-15(2-5-17)25(37)34-11-9-33(10-12-34)22-14-18(28)6-7-19(22)24(36)32-23(35)16-3-8-20-21(13-16)31-26(29)30-20/h1-8,13-14H,9-12H2,(H,30,31)(H,32,35,36). The van der Waals surface area contributed by atoms with Gasteiger partial charge in [-0.2, -0.15) is 0 Å². The van der Waals surface area contributed by atoms with Gasteiger partial charge in [0.15, 0.2) is 0 Å². The molecule has 1 aliphatic rings. The van der Waals surface area contributed by atoms with E-state index in [-0.39, 0.29) is 16.8 Å². The molecule has 1 aliphatic heterocycles. The first kappa shape index (κ1) is 25.1. The van der Waals surface area contributed by atoms with E-state index in [1.807, 2.05) is 4.90 Å². The smallest absolute Gasteiger partial charge is 0.260 e. The summed E-state index contributed by atoms with van der Waals surface area (Å²) in [5.41, 5.74) is 2.94. The first-order valence-electron chi connectivity index (χ1n) is 11.4. The Morgan fingerprint density at radius 3 is 2.19 bits per heavy atom. The third kappa shape index (κ3) is 5.41. The molecule has 0 bridgehead atoms. The number of hydrogen-bond donors (Lipinski definition) is 2. The number of H-pyrrole nitrogens is 1. The number of benzene rings is 3. The Balaban J connectivity index is 1.29. The van der Waals surface area contributed by atoms with Crippen LogP contribution in [0.25, 0.3) is 11.0 Å². The van der Waals surface area contributed by atoms with Gasteiger partial charge >= 0.3 is 0 Å². The fourth-order valence-electron chi connectivity index (χ4n) is 4.25. The van der Waals surface area contributed by atoms with Gasteiger partial charge in [0.2, 0.25) is 5.28 Å². The fraction of sp³-hybridized carbons (Fsp3) is 0.154. The number of carbonyl (C=O) groups is 3. The lowest BCUT2D eigenvalue weighted by Crippen LogP contribution is -2.49. The van der Waals surface area contributed by atoms with Crippen molar-refractivity contribution in [3.05, 3.63) is 92.7 Å². The number of carbonyl (C=O) groups excluding carboxylic acids is 3. The van der Waals surface area contributed by atoms with Crippen molar-refractivity contribution >= 4 is 69.2 Å². The number of rotatable bonds is 4. The summed E-state index contributed by atoms with van der Waals surface area (Å²) in [6, 6.07) is 16.5. The molecule has 5 rings (SSSR count). The van der Waals surface area contributed by atoms with Crippen molar-refractivity contribution in [1.29, 1.82) is 0 Å². The van der Waals surface area contributed by atoms with Gasteiger partial charge in [0.25, 0.3) is 17.7 Å². The zero-order valence-corrected chi connectivity index (χ0v) is 21.6. The first-order valence-corrected chi connectivity index (χ1v) is 12.5. The molecule has 0 saturated carbocycles. The molecule has 2 heterocycles. The number of piperazine rings is 1. The second kappa shape index (κ2) is 10.4. The number of aromatic nitrogens is 2. The van der Waals surface area contributed by atoms with Crippen molar-refractivity contribution in [3.8, 4) is 0 Å². The zero-order valence-electron chi connectivity index (χ0n) is 19.3. The average molecular weight is 557 g/mol. The van der Waals surface area contributed by atoms with Crippen molar-refractivity contribution in [2.75, 3.05) is 31.1 Å². The molecule has 4 aromatic rings. The quantitative estimate of drug-likeness (QED) is 0.343. The number of aromatic amines is 1. The van der Waals surface area contributed by atoms with Crippen molar-refractivity contribution < 1.29 is 14.4 Å². The molecule has 1 aromatic heterocycles. The summed E-state index contributed by atoms with van der Waals surface area (Å²) in [5.74, 6) is -1.20. The molecule has 1 saturated heterocycles. The number of amides is 3. The molecule has 11 heteroatoms. The predicted octanol–water partition coefficient (Wildman–Crippen LogP) is 5.06. The van der Waals surface area contributed by atoms with Crippen LogP contribution in [0.15, 0.2) is 60.7 Å². The number of imidazole rings is 1. The first-order chi connectivity index (χ1) is 17.8. The molecule has 1 fully saturated rings. The maximum Gasteiger partial charge on any atom is 0.260 e. The lowest BCUT2D eigenvalue weighted by Gasteiger charge is -2.37. The van der Waals surface area contributed by atoms with Crippen molar-refractivity contribution in [2.45, 2.75) is 0 Å². The number of imide groups is 1. The normalized spacial score (nSPS) is 13.6.